The molecule has 1 aliphatic carbocycles. The first-order chi connectivity index (χ1) is 28.4. The van der Waals surface area contributed by atoms with Gasteiger partial charge in [0.05, 0.1) is 6.61 Å². The molecule has 0 spiro atoms. The molecule has 14 heteroatoms. The number of hydrogen-bond acceptors (Lipinski definition) is 12. The van der Waals surface area contributed by atoms with Crippen molar-refractivity contribution in [1.29, 1.82) is 0 Å². The second-order valence-corrected chi connectivity index (χ2v) is 17.7. The average molecular weight is 863 g/mol. The number of ether oxygens (including phenoxy) is 2. The van der Waals surface area contributed by atoms with Crippen molar-refractivity contribution in [3.63, 3.8) is 0 Å². The number of carbonyl (C=O) groups is 2. The molecule has 1 fully saturated rings. The Kier molecular flexibility index (Phi) is 33.7. The minimum absolute atomic E-state index is 0.0879. The standard InChI is InChI=1S/C45H83O13P/c1-3-5-7-9-11-13-15-17-18-19-20-22-23-25-27-29-31-33-38(46)55-35-37(36-56-59(53,54)58-45-43(51)41(49)40(48)42(50)44(45)52)57-39(47)34-32-30-28-26-24-21-16-14-12-10-8-6-4-2/h13-16,37,40-45,48-52H,3-12,17-36H2,1-2H3,(H,53,54)/b15-13+,16-14+/t37-,40?,41-,42?,43?,44?,45?/m0/s1. The van der Waals surface area contributed by atoms with Crippen LogP contribution in [0.15, 0.2) is 24.3 Å². The van der Waals surface area contributed by atoms with Crippen LogP contribution >= 0.6 is 7.82 Å². The van der Waals surface area contributed by atoms with Crippen LogP contribution in [-0.4, -0.2) is 98.3 Å². The number of phosphoric ester groups is 1. The molecule has 0 aromatic heterocycles. The minimum atomic E-state index is -5.12. The molecular formula is C45H83O13P. The fraction of sp³-hybridized carbons (Fsp3) is 0.867. The predicted molar refractivity (Wildman–Crippen MR) is 230 cm³/mol. The molecule has 0 bridgehead atoms. The lowest BCUT2D eigenvalue weighted by molar-refractivity contribution is -0.220. The summed E-state index contributed by atoms with van der Waals surface area (Å²) in [5, 5.41) is 50.1. The van der Waals surface area contributed by atoms with Crippen molar-refractivity contribution in [3.05, 3.63) is 24.3 Å². The van der Waals surface area contributed by atoms with E-state index in [1.165, 1.54) is 89.9 Å². The Morgan fingerprint density at radius 3 is 1.29 bits per heavy atom. The molecule has 0 aromatic rings. The number of unbranched alkanes of at least 4 members (excludes halogenated alkanes) is 22. The first-order valence-corrected chi connectivity index (χ1v) is 24.6. The number of aliphatic hydroxyl groups is 5. The summed E-state index contributed by atoms with van der Waals surface area (Å²) in [6.45, 7) is 3.26. The number of esters is 2. The van der Waals surface area contributed by atoms with Crippen LogP contribution in [0, 0.1) is 0 Å². The molecule has 1 saturated carbocycles. The Bertz CT molecular complexity index is 1130. The molecule has 346 valence electrons. The monoisotopic (exact) mass is 863 g/mol. The van der Waals surface area contributed by atoms with Crippen molar-refractivity contribution in [1.82, 2.24) is 0 Å². The summed E-state index contributed by atoms with van der Waals surface area (Å²) in [6, 6.07) is 0. The average Bonchev–Trinajstić information content (AvgIpc) is 3.21. The van der Waals surface area contributed by atoms with Crippen molar-refractivity contribution in [3.8, 4) is 0 Å². The number of rotatable bonds is 38. The van der Waals surface area contributed by atoms with E-state index >= 15 is 0 Å². The first-order valence-electron chi connectivity index (χ1n) is 23.1. The van der Waals surface area contributed by atoms with Gasteiger partial charge in [0, 0.05) is 12.8 Å². The van der Waals surface area contributed by atoms with E-state index in [1.54, 1.807) is 0 Å². The highest BCUT2D eigenvalue weighted by Gasteiger charge is 2.51. The van der Waals surface area contributed by atoms with Crippen molar-refractivity contribution in [2.24, 2.45) is 0 Å². The van der Waals surface area contributed by atoms with Gasteiger partial charge in [0.1, 0.15) is 43.2 Å². The number of allylic oxidation sites excluding steroid dienone is 4. The van der Waals surface area contributed by atoms with Crippen LogP contribution in [-0.2, 0) is 32.7 Å². The van der Waals surface area contributed by atoms with Gasteiger partial charge >= 0.3 is 19.8 Å². The summed E-state index contributed by atoms with van der Waals surface area (Å²) in [6.07, 6.45) is 25.2. The van der Waals surface area contributed by atoms with Crippen LogP contribution in [0.1, 0.15) is 194 Å². The van der Waals surface area contributed by atoms with Crippen LogP contribution in [0.25, 0.3) is 0 Å². The van der Waals surface area contributed by atoms with E-state index in [0.717, 1.165) is 64.2 Å². The summed E-state index contributed by atoms with van der Waals surface area (Å²) in [5.74, 6) is -1.11. The zero-order chi connectivity index (χ0) is 43.6. The maximum atomic E-state index is 12.8. The van der Waals surface area contributed by atoms with Crippen molar-refractivity contribution < 1.29 is 63.1 Å². The van der Waals surface area contributed by atoms with E-state index in [1.807, 2.05) is 0 Å². The van der Waals surface area contributed by atoms with E-state index < -0.39 is 75.7 Å². The molecule has 8 atom stereocenters. The van der Waals surface area contributed by atoms with Gasteiger partial charge in [0.15, 0.2) is 6.10 Å². The van der Waals surface area contributed by atoms with Gasteiger partial charge in [-0.15, -0.1) is 0 Å². The summed E-state index contributed by atoms with van der Waals surface area (Å²) < 4.78 is 33.5. The number of carbonyl (C=O) groups excluding carboxylic acids is 2. The summed E-state index contributed by atoms with van der Waals surface area (Å²) in [4.78, 5) is 35.7. The fourth-order valence-corrected chi connectivity index (χ4v) is 7.95. The van der Waals surface area contributed by atoms with Crippen LogP contribution < -0.4 is 0 Å². The Hall–Kier alpha value is -1.67. The summed E-state index contributed by atoms with van der Waals surface area (Å²) >= 11 is 0. The molecule has 6 N–H and O–H groups in total. The molecule has 0 saturated heterocycles. The highest BCUT2D eigenvalue weighted by atomic mass is 31.2. The lowest BCUT2D eigenvalue weighted by atomic mass is 9.85. The normalized spacial score (nSPS) is 22.5. The molecule has 6 unspecified atom stereocenters. The third-order valence-corrected chi connectivity index (χ3v) is 11.8. The van der Waals surface area contributed by atoms with Crippen molar-refractivity contribution >= 4 is 19.8 Å². The van der Waals surface area contributed by atoms with Gasteiger partial charge in [-0.25, -0.2) is 4.57 Å². The van der Waals surface area contributed by atoms with E-state index in [9.17, 15) is 44.6 Å². The quantitative estimate of drug-likeness (QED) is 0.0149. The highest BCUT2D eigenvalue weighted by Crippen LogP contribution is 2.47. The van der Waals surface area contributed by atoms with E-state index in [4.69, 9.17) is 18.5 Å². The van der Waals surface area contributed by atoms with Gasteiger partial charge in [-0.3, -0.25) is 18.6 Å². The molecule has 0 heterocycles. The topological polar surface area (TPSA) is 210 Å². The molecule has 13 nitrogen and oxygen atoms in total. The number of aliphatic hydroxyl groups excluding tert-OH is 5. The van der Waals surface area contributed by atoms with Crippen LogP contribution in [0.4, 0.5) is 0 Å². The SMILES string of the molecule is CCCCCC/C=C/CCCCCCCCCCCC(=O)OC[C@@H](COP(=O)(O)OC1C(O)C(O)C(O)[C@H](O)C1O)OC(=O)CCCCCCC/C=C/CCCCCC. The molecular weight excluding hydrogens is 779 g/mol. The van der Waals surface area contributed by atoms with Crippen molar-refractivity contribution in [2.75, 3.05) is 13.2 Å². The predicted octanol–water partition coefficient (Wildman–Crippen LogP) is 8.84. The van der Waals surface area contributed by atoms with E-state index in [0.29, 0.717) is 12.8 Å². The van der Waals surface area contributed by atoms with Gasteiger partial charge in [0.2, 0.25) is 0 Å². The zero-order valence-corrected chi connectivity index (χ0v) is 37.4. The maximum Gasteiger partial charge on any atom is 0.472 e. The molecule has 0 radical (unpaired) electrons. The third kappa shape index (κ3) is 28.5. The second-order valence-electron chi connectivity index (χ2n) is 16.3. The Morgan fingerprint density at radius 2 is 0.864 bits per heavy atom. The largest absolute Gasteiger partial charge is 0.472 e. The lowest BCUT2D eigenvalue weighted by Gasteiger charge is -2.41. The molecule has 59 heavy (non-hydrogen) atoms. The van der Waals surface area contributed by atoms with Gasteiger partial charge in [-0.05, 0) is 64.2 Å². The highest BCUT2D eigenvalue weighted by molar-refractivity contribution is 7.47. The maximum absolute atomic E-state index is 12.8. The van der Waals surface area contributed by atoms with E-state index in [2.05, 4.69) is 38.2 Å². The summed E-state index contributed by atoms with van der Waals surface area (Å²) in [5.41, 5.74) is 0. The number of hydrogen-bond donors (Lipinski definition) is 6. The minimum Gasteiger partial charge on any atom is -0.462 e. The lowest BCUT2D eigenvalue weighted by Crippen LogP contribution is -2.64. The van der Waals surface area contributed by atoms with Gasteiger partial charge in [0.25, 0.3) is 0 Å². The molecule has 0 aliphatic heterocycles. The Labute approximate surface area is 356 Å². The zero-order valence-electron chi connectivity index (χ0n) is 36.6. The third-order valence-electron chi connectivity index (χ3n) is 10.8. The van der Waals surface area contributed by atoms with E-state index in [-0.39, 0.29) is 12.8 Å². The van der Waals surface area contributed by atoms with Gasteiger partial charge in [-0.1, -0.05) is 141 Å². The Morgan fingerprint density at radius 1 is 0.508 bits per heavy atom. The second kappa shape index (κ2) is 35.9. The molecule has 1 aliphatic rings. The van der Waals surface area contributed by atoms with Crippen LogP contribution in [0.3, 0.4) is 0 Å². The van der Waals surface area contributed by atoms with Gasteiger partial charge < -0.3 is 39.9 Å². The van der Waals surface area contributed by atoms with Crippen molar-refractivity contribution in [2.45, 2.75) is 236 Å². The Balaban J connectivity index is 2.45. The first kappa shape index (κ1) is 55.3. The van der Waals surface area contributed by atoms with Gasteiger partial charge in [-0.2, -0.15) is 0 Å². The fourth-order valence-electron chi connectivity index (χ4n) is 6.98. The molecule has 1 rings (SSSR count). The molecule has 0 amide bonds. The van der Waals surface area contributed by atoms with Crippen LogP contribution in [0.2, 0.25) is 0 Å². The molecule has 0 aromatic carbocycles. The smallest absolute Gasteiger partial charge is 0.462 e. The van der Waals surface area contributed by atoms with Crippen LogP contribution in [0.5, 0.6) is 0 Å². The summed E-state index contributed by atoms with van der Waals surface area (Å²) in [7, 11) is -5.12. The number of phosphoric acid groups is 1.